The minimum Gasteiger partial charge on any atom is -0.497 e. The lowest BCUT2D eigenvalue weighted by Crippen LogP contribution is -2.44. The van der Waals surface area contributed by atoms with Crippen molar-refractivity contribution in [3.05, 3.63) is 54.1 Å². The summed E-state index contributed by atoms with van der Waals surface area (Å²) in [7, 11) is 1.64. The topological polar surface area (TPSA) is 60.0 Å². The highest BCUT2D eigenvalue weighted by atomic mass is 16.5. The molecule has 0 bridgehead atoms. The zero-order valence-corrected chi connectivity index (χ0v) is 21.5. The molecule has 1 amide bonds. The maximum Gasteiger partial charge on any atom is 0.223 e. The third kappa shape index (κ3) is 10.2. The van der Waals surface area contributed by atoms with Crippen molar-refractivity contribution in [1.82, 2.24) is 10.2 Å². The van der Waals surface area contributed by atoms with Gasteiger partial charge in [-0.15, -0.1) is 0 Å². The van der Waals surface area contributed by atoms with E-state index in [1.54, 1.807) is 7.11 Å². The summed E-state index contributed by atoms with van der Waals surface area (Å²) in [5.41, 5.74) is 1.21. The van der Waals surface area contributed by atoms with E-state index in [-0.39, 0.29) is 11.9 Å². The monoisotopic (exact) mass is 482 g/mol. The summed E-state index contributed by atoms with van der Waals surface area (Å²) >= 11 is 0. The molecule has 0 aliphatic carbocycles. The first kappa shape index (κ1) is 26.9. The Morgan fingerprint density at radius 1 is 0.886 bits per heavy atom. The molecule has 0 radical (unpaired) electrons. The average molecular weight is 483 g/mol. The fourth-order valence-electron chi connectivity index (χ4n) is 4.40. The van der Waals surface area contributed by atoms with E-state index in [9.17, 15) is 4.79 Å². The van der Waals surface area contributed by atoms with E-state index in [0.29, 0.717) is 13.0 Å². The molecule has 1 aliphatic heterocycles. The predicted molar refractivity (Wildman–Crippen MR) is 140 cm³/mol. The standard InChI is InChI=1S/C29H42N2O4/c1-3-4-5-8-20-34-27-11-9-24(10-12-27)22-25(23-31-18-6-7-19-31)30-29(32)17-21-35-28-15-13-26(33-2)14-16-28/h9-16,25H,3-8,17-23H2,1-2H3,(H,30,32)/t25-/m0/s1. The Balaban J connectivity index is 1.46. The van der Waals surface area contributed by atoms with Crippen LogP contribution in [0.4, 0.5) is 0 Å². The van der Waals surface area contributed by atoms with E-state index < -0.39 is 0 Å². The van der Waals surface area contributed by atoms with Gasteiger partial charge in [0.05, 0.1) is 26.7 Å². The molecule has 6 nitrogen and oxygen atoms in total. The number of rotatable bonds is 16. The van der Waals surface area contributed by atoms with Gasteiger partial charge in [0.25, 0.3) is 0 Å². The molecule has 192 valence electrons. The van der Waals surface area contributed by atoms with Crippen molar-refractivity contribution in [3.63, 3.8) is 0 Å². The van der Waals surface area contributed by atoms with Crippen LogP contribution in [-0.4, -0.2) is 56.8 Å². The van der Waals surface area contributed by atoms with Crippen LogP contribution >= 0.6 is 0 Å². The molecule has 1 aliphatic rings. The number of hydrogen-bond donors (Lipinski definition) is 1. The maximum absolute atomic E-state index is 12.7. The Bertz CT molecular complexity index is 848. The lowest BCUT2D eigenvalue weighted by atomic mass is 10.0. The molecule has 1 heterocycles. The lowest BCUT2D eigenvalue weighted by molar-refractivity contribution is -0.122. The third-order valence-corrected chi connectivity index (χ3v) is 6.37. The highest BCUT2D eigenvalue weighted by Crippen LogP contribution is 2.18. The average Bonchev–Trinajstić information content (AvgIpc) is 3.38. The fourth-order valence-corrected chi connectivity index (χ4v) is 4.40. The van der Waals surface area contributed by atoms with Gasteiger partial charge in [-0.05, 0) is 80.7 Å². The summed E-state index contributed by atoms with van der Waals surface area (Å²) in [4.78, 5) is 15.2. The molecule has 6 heteroatoms. The van der Waals surface area contributed by atoms with Gasteiger partial charge in [0.2, 0.25) is 5.91 Å². The molecule has 2 aromatic carbocycles. The minimum absolute atomic E-state index is 0.0229. The molecule has 0 aromatic heterocycles. The number of amides is 1. The smallest absolute Gasteiger partial charge is 0.223 e. The van der Waals surface area contributed by atoms with Gasteiger partial charge < -0.3 is 24.4 Å². The van der Waals surface area contributed by atoms with Crippen LogP contribution in [0.3, 0.4) is 0 Å². The van der Waals surface area contributed by atoms with E-state index >= 15 is 0 Å². The number of carbonyl (C=O) groups excluding carboxylic acids is 1. The number of unbranched alkanes of at least 4 members (excludes halogenated alkanes) is 3. The molecule has 1 fully saturated rings. The lowest BCUT2D eigenvalue weighted by Gasteiger charge is -2.25. The molecule has 1 saturated heterocycles. The van der Waals surface area contributed by atoms with Gasteiger partial charge in [-0.25, -0.2) is 0 Å². The van der Waals surface area contributed by atoms with Crippen molar-refractivity contribution in [2.24, 2.45) is 0 Å². The van der Waals surface area contributed by atoms with Crippen LogP contribution in [0.5, 0.6) is 17.2 Å². The Morgan fingerprint density at radius 2 is 1.51 bits per heavy atom. The van der Waals surface area contributed by atoms with Gasteiger partial charge in [0, 0.05) is 12.6 Å². The number of benzene rings is 2. The van der Waals surface area contributed by atoms with Crippen LogP contribution in [0, 0.1) is 0 Å². The Labute approximate surface area is 210 Å². The van der Waals surface area contributed by atoms with E-state index in [2.05, 4.69) is 29.3 Å². The Hall–Kier alpha value is -2.73. The summed E-state index contributed by atoms with van der Waals surface area (Å²) in [6.07, 6.45) is 8.42. The maximum atomic E-state index is 12.7. The van der Waals surface area contributed by atoms with Crippen LogP contribution in [0.25, 0.3) is 0 Å². The van der Waals surface area contributed by atoms with Crippen molar-refractivity contribution >= 4 is 5.91 Å². The van der Waals surface area contributed by atoms with Crippen LogP contribution < -0.4 is 19.5 Å². The van der Waals surface area contributed by atoms with Crippen molar-refractivity contribution < 1.29 is 19.0 Å². The quantitative estimate of drug-likeness (QED) is 0.331. The van der Waals surface area contributed by atoms with Crippen molar-refractivity contribution in [1.29, 1.82) is 0 Å². The molecular weight excluding hydrogens is 440 g/mol. The van der Waals surface area contributed by atoms with Crippen LogP contribution in [0.15, 0.2) is 48.5 Å². The normalized spacial score (nSPS) is 14.5. The molecular formula is C29H42N2O4. The van der Waals surface area contributed by atoms with Crippen molar-refractivity contribution in [3.8, 4) is 17.2 Å². The second-order valence-corrected chi connectivity index (χ2v) is 9.30. The van der Waals surface area contributed by atoms with Crippen LogP contribution in [0.1, 0.15) is 57.4 Å². The largest absolute Gasteiger partial charge is 0.497 e. The van der Waals surface area contributed by atoms with Crippen molar-refractivity contribution in [2.45, 2.75) is 64.3 Å². The number of nitrogens with zero attached hydrogens (tertiary/aromatic N) is 1. The van der Waals surface area contributed by atoms with Gasteiger partial charge in [-0.1, -0.05) is 38.3 Å². The summed E-state index contributed by atoms with van der Waals surface area (Å²) in [6.45, 7) is 6.43. The van der Waals surface area contributed by atoms with Gasteiger partial charge in [-0.2, -0.15) is 0 Å². The molecule has 1 atom stereocenters. The number of carbonyl (C=O) groups is 1. The summed E-state index contributed by atoms with van der Waals surface area (Å²) in [5.74, 6) is 2.46. The van der Waals surface area contributed by atoms with E-state index in [1.807, 2.05) is 36.4 Å². The van der Waals surface area contributed by atoms with Crippen molar-refractivity contribution in [2.75, 3.05) is 40.0 Å². The first-order valence-corrected chi connectivity index (χ1v) is 13.2. The van der Waals surface area contributed by atoms with E-state index in [0.717, 1.165) is 56.3 Å². The second kappa shape index (κ2) is 15.3. The number of ether oxygens (including phenoxy) is 3. The molecule has 0 unspecified atom stereocenters. The minimum atomic E-state index is 0.0229. The zero-order chi connectivity index (χ0) is 24.7. The Morgan fingerprint density at radius 3 is 2.17 bits per heavy atom. The predicted octanol–water partition coefficient (Wildman–Crippen LogP) is 5.25. The second-order valence-electron chi connectivity index (χ2n) is 9.30. The third-order valence-electron chi connectivity index (χ3n) is 6.37. The molecule has 1 N–H and O–H groups in total. The highest BCUT2D eigenvalue weighted by molar-refractivity contribution is 5.76. The summed E-state index contributed by atoms with van der Waals surface area (Å²) < 4.78 is 16.8. The number of methoxy groups -OCH3 is 1. The molecule has 2 aromatic rings. The van der Waals surface area contributed by atoms with Crippen LogP contribution in [-0.2, 0) is 11.2 Å². The van der Waals surface area contributed by atoms with E-state index in [1.165, 1.54) is 37.7 Å². The van der Waals surface area contributed by atoms with Gasteiger partial charge in [-0.3, -0.25) is 4.79 Å². The SMILES string of the molecule is CCCCCCOc1ccc(C[C@@H](CN2CCCC2)NC(=O)CCOc2ccc(OC)cc2)cc1. The number of nitrogens with one attached hydrogen (secondary N) is 1. The summed E-state index contributed by atoms with van der Waals surface area (Å²) in [5, 5.41) is 3.25. The summed E-state index contributed by atoms with van der Waals surface area (Å²) in [6, 6.07) is 15.8. The van der Waals surface area contributed by atoms with E-state index in [4.69, 9.17) is 14.2 Å². The highest BCUT2D eigenvalue weighted by Gasteiger charge is 2.20. The van der Waals surface area contributed by atoms with Gasteiger partial charge >= 0.3 is 0 Å². The number of hydrogen-bond acceptors (Lipinski definition) is 5. The van der Waals surface area contributed by atoms with Gasteiger partial charge in [0.1, 0.15) is 17.2 Å². The fraction of sp³-hybridized carbons (Fsp3) is 0.552. The molecule has 35 heavy (non-hydrogen) atoms. The molecule has 3 rings (SSSR count). The molecule has 0 spiro atoms. The number of likely N-dealkylation sites (tertiary alicyclic amines) is 1. The molecule has 0 saturated carbocycles. The Kier molecular flexibility index (Phi) is 11.7. The first-order valence-electron chi connectivity index (χ1n) is 13.2. The van der Waals surface area contributed by atoms with Crippen LogP contribution in [0.2, 0.25) is 0 Å². The van der Waals surface area contributed by atoms with Gasteiger partial charge in [0.15, 0.2) is 0 Å². The zero-order valence-electron chi connectivity index (χ0n) is 21.5. The first-order chi connectivity index (χ1) is 17.2.